The van der Waals surface area contributed by atoms with Crippen LogP contribution in [0.4, 0.5) is 0 Å². The fourth-order valence-electron chi connectivity index (χ4n) is 1.68. The molecule has 1 amide bonds. The van der Waals surface area contributed by atoms with Gasteiger partial charge in [0, 0.05) is 32.3 Å². The van der Waals surface area contributed by atoms with E-state index in [-0.39, 0.29) is 19.1 Å². The number of aromatic nitrogens is 2. The summed E-state index contributed by atoms with van der Waals surface area (Å²) < 4.78 is 6.57. The first kappa shape index (κ1) is 14.7. The van der Waals surface area contributed by atoms with E-state index in [1.807, 2.05) is 19.9 Å². The third kappa shape index (κ3) is 4.85. The van der Waals surface area contributed by atoms with Crippen molar-refractivity contribution in [3.8, 4) is 0 Å². The molecule has 0 spiro atoms. The first-order chi connectivity index (χ1) is 8.52. The monoisotopic (exact) mass is 255 g/mol. The van der Waals surface area contributed by atoms with Crippen molar-refractivity contribution in [2.75, 3.05) is 20.3 Å². The molecule has 1 rings (SSSR count). The predicted molar refractivity (Wildman–Crippen MR) is 67.2 cm³/mol. The summed E-state index contributed by atoms with van der Waals surface area (Å²) >= 11 is 0. The first-order valence-corrected chi connectivity index (χ1v) is 5.97. The maximum atomic E-state index is 11.5. The average molecular weight is 255 g/mol. The number of nitrogens with zero attached hydrogens (tertiary/aromatic N) is 2. The summed E-state index contributed by atoms with van der Waals surface area (Å²) in [5, 5.41) is 16.3. The second-order valence-electron chi connectivity index (χ2n) is 4.31. The van der Waals surface area contributed by atoms with Crippen molar-refractivity contribution in [3.63, 3.8) is 0 Å². The molecule has 0 aliphatic carbocycles. The van der Waals surface area contributed by atoms with Crippen LogP contribution in [0, 0.1) is 13.8 Å². The number of nitrogens with one attached hydrogen (secondary N) is 1. The van der Waals surface area contributed by atoms with Crippen LogP contribution in [0.25, 0.3) is 0 Å². The highest BCUT2D eigenvalue weighted by Crippen LogP contribution is 2.02. The molecule has 2 N–H and O–H groups in total. The van der Waals surface area contributed by atoms with Gasteiger partial charge >= 0.3 is 0 Å². The molecular weight excluding hydrogens is 234 g/mol. The van der Waals surface area contributed by atoms with E-state index in [2.05, 4.69) is 10.4 Å². The molecule has 6 nitrogen and oxygen atoms in total. The van der Waals surface area contributed by atoms with E-state index >= 15 is 0 Å². The molecule has 0 saturated carbocycles. The van der Waals surface area contributed by atoms with E-state index < -0.39 is 6.10 Å². The zero-order chi connectivity index (χ0) is 13.5. The molecule has 0 aromatic carbocycles. The Morgan fingerprint density at radius 1 is 1.61 bits per heavy atom. The molecule has 102 valence electrons. The molecule has 0 aliphatic rings. The highest BCUT2D eigenvalue weighted by molar-refractivity contribution is 5.75. The van der Waals surface area contributed by atoms with Crippen LogP contribution in [0.1, 0.15) is 17.8 Å². The van der Waals surface area contributed by atoms with Crippen LogP contribution in [-0.4, -0.2) is 47.2 Å². The Morgan fingerprint density at radius 2 is 2.33 bits per heavy atom. The number of rotatable bonds is 7. The zero-order valence-corrected chi connectivity index (χ0v) is 11.1. The number of aliphatic hydroxyl groups is 1. The molecule has 6 heteroatoms. The Morgan fingerprint density at radius 3 is 2.89 bits per heavy atom. The molecule has 0 aliphatic heterocycles. The van der Waals surface area contributed by atoms with E-state index in [0.717, 1.165) is 11.4 Å². The Balaban J connectivity index is 2.27. The maximum absolute atomic E-state index is 11.5. The Kier molecular flexibility index (Phi) is 5.80. The van der Waals surface area contributed by atoms with Crippen molar-refractivity contribution < 1.29 is 14.6 Å². The minimum atomic E-state index is -0.660. The van der Waals surface area contributed by atoms with Gasteiger partial charge in [-0.3, -0.25) is 9.48 Å². The third-order valence-corrected chi connectivity index (χ3v) is 2.55. The van der Waals surface area contributed by atoms with Gasteiger partial charge in [-0.1, -0.05) is 0 Å². The summed E-state index contributed by atoms with van der Waals surface area (Å²) in [5.74, 6) is -0.0993. The van der Waals surface area contributed by atoms with E-state index in [0.29, 0.717) is 13.0 Å². The van der Waals surface area contributed by atoms with E-state index in [9.17, 15) is 9.90 Å². The Hall–Kier alpha value is -1.40. The van der Waals surface area contributed by atoms with Crippen LogP contribution < -0.4 is 5.32 Å². The number of methoxy groups -OCH3 is 1. The van der Waals surface area contributed by atoms with E-state index in [4.69, 9.17) is 4.74 Å². The molecule has 1 heterocycles. The number of hydrogen-bond donors (Lipinski definition) is 2. The quantitative estimate of drug-likeness (QED) is 0.720. The molecule has 0 saturated heterocycles. The summed E-state index contributed by atoms with van der Waals surface area (Å²) in [6.45, 7) is 4.86. The summed E-state index contributed by atoms with van der Waals surface area (Å²) in [6, 6.07) is 1.97. The second-order valence-corrected chi connectivity index (χ2v) is 4.31. The van der Waals surface area contributed by atoms with Crippen molar-refractivity contribution in [1.29, 1.82) is 0 Å². The van der Waals surface area contributed by atoms with Gasteiger partial charge in [-0.25, -0.2) is 0 Å². The van der Waals surface area contributed by atoms with Crippen molar-refractivity contribution in [2.45, 2.75) is 32.9 Å². The van der Waals surface area contributed by atoms with Crippen LogP contribution >= 0.6 is 0 Å². The SMILES string of the molecule is COCC(O)CNC(=O)CCn1nc(C)cc1C. The summed E-state index contributed by atoms with van der Waals surface area (Å²) in [4.78, 5) is 11.5. The lowest BCUT2D eigenvalue weighted by Crippen LogP contribution is -2.34. The standard InChI is InChI=1S/C12H21N3O3/c1-9-6-10(2)15(14-9)5-4-12(17)13-7-11(16)8-18-3/h6,11,16H,4-5,7-8H2,1-3H3,(H,13,17). The van der Waals surface area contributed by atoms with Gasteiger partial charge in [0.15, 0.2) is 0 Å². The fourth-order valence-corrected chi connectivity index (χ4v) is 1.68. The number of amides is 1. The number of ether oxygens (including phenoxy) is 1. The first-order valence-electron chi connectivity index (χ1n) is 5.97. The number of aryl methyl sites for hydroxylation is 3. The fraction of sp³-hybridized carbons (Fsp3) is 0.667. The van der Waals surface area contributed by atoms with Gasteiger partial charge in [-0.2, -0.15) is 5.10 Å². The summed E-state index contributed by atoms with van der Waals surface area (Å²) in [5.41, 5.74) is 1.99. The van der Waals surface area contributed by atoms with Gasteiger partial charge in [0.2, 0.25) is 5.91 Å². The van der Waals surface area contributed by atoms with Crippen LogP contribution in [0.2, 0.25) is 0 Å². The Labute approximate surface area is 107 Å². The number of aliphatic hydroxyl groups excluding tert-OH is 1. The molecule has 1 unspecified atom stereocenters. The molecule has 0 radical (unpaired) electrons. The largest absolute Gasteiger partial charge is 0.389 e. The lowest BCUT2D eigenvalue weighted by atomic mass is 10.3. The highest BCUT2D eigenvalue weighted by Gasteiger charge is 2.08. The lowest BCUT2D eigenvalue weighted by molar-refractivity contribution is -0.122. The number of hydrogen-bond acceptors (Lipinski definition) is 4. The molecule has 0 bridgehead atoms. The van der Waals surface area contributed by atoms with Crippen LogP contribution in [-0.2, 0) is 16.1 Å². The Bertz CT molecular complexity index is 390. The smallest absolute Gasteiger partial charge is 0.221 e. The number of carbonyl (C=O) groups excluding carboxylic acids is 1. The zero-order valence-electron chi connectivity index (χ0n) is 11.1. The maximum Gasteiger partial charge on any atom is 0.221 e. The highest BCUT2D eigenvalue weighted by atomic mass is 16.5. The molecule has 1 aromatic rings. The molecule has 1 atom stereocenters. The third-order valence-electron chi connectivity index (χ3n) is 2.55. The van der Waals surface area contributed by atoms with Crippen molar-refractivity contribution in [3.05, 3.63) is 17.5 Å². The normalized spacial score (nSPS) is 12.4. The number of carbonyl (C=O) groups is 1. The van der Waals surface area contributed by atoms with Gasteiger partial charge in [-0.05, 0) is 19.9 Å². The molecule has 1 aromatic heterocycles. The van der Waals surface area contributed by atoms with Crippen molar-refractivity contribution in [1.82, 2.24) is 15.1 Å². The van der Waals surface area contributed by atoms with Gasteiger partial charge < -0.3 is 15.2 Å². The van der Waals surface area contributed by atoms with Gasteiger partial charge in [0.1, 0.15) is 0 Å². The summed E-state index contributed by atoms with van der Waals surface area (Å²) in [7, 11) is 1.51. The van der Waals surface area contributed by atoms with E-state index in [1.165, 1.54) is 7.11 Å². The van der Waals surface area contributed by atoms with Crippen LogP contribution in [0.15, 0.2) is 6.07 Å². The van der Waals surface area contributed by atoms with Gasteiger partial charge in [0.25, 0.3) is 0 Å². The van der Waals surface area contributed by atoms with Gasteiger partial charge in [-0.15, -0.1) is 0 Å². The van der Waals surface area contributed by atoms with Crippen molar-refractivity contribution in [2.24, 2.45) is 0 Å². The van der Waals surface area contributed by atoms with E-state index in [1.54, 1.807) is 4.68 Å². The minimum Gasteiger partial charge on any atom is -0.389 e. The average Bonchev–Trinajstić information content (AvgIpc) is 2.63. The second kappa shape index (κ2) is 7.13. The lowest BCUT2D eigenvalue weighted by Gasteiger charge is -2.11. The molecule has 0 fully saturated rings. The molecule has 18 heavy (non-hydrogen) atoms. The minimum absolute atomic E-state index is 0.0993. The van der Waals surface area contributed by atoms with Crippen LogP contribution in [0.3, 0.4) is 0 Å². The summed E-state index contributed by atoms with van der Waals surface area (Å²) in [6.07, 6.45) is -0.311. The van der Waals surface area contributed by atoms with Crippen molar-refractivity contribution >= 4 is 5.91 Å². The van der Waals surface area contributed by atoms with Gasteiger partial charge in [0.05, 0.1) is 18.4 Å². The molecular formula is C12H21N3O3. The predicted octanol–water partition coefficient (Wildman–Crippen LogP) is 0.0135. The van der Waals surface area contributed by atoms with Crippen LogP contribution in [0.5, 0.6) is 0 Å². The topological polar surface area (TPSA) is 76.4 Å².